The van der Waals surface area contributed by atoms with Gasteiger partial charge in [0, 0.05) is 43.3 Å². The van der Waals surface area contributed by atoms with Gasteiger partial charge >= 0.3 is 0 Å². The highest BCUT2D eigenvalue weighted by atomic mass is 16.1. The Balaban J connectivity index is 1.68. The van der Waals surface area contributed by atoms with Gasteiger partial charge in [0.05, 0.1) is 0 Å². The van der Waals surface area contributed by atoms with Crippen LogP contribution in [-0.4, -0.2) is 21.5 Å². The zero-order chi connectivity index (χ0) is 15.1. The Labute approximate surface area is 126 Å². The summed E-state index contributed by atoms with van der Waals surface area (Å²) in [7, 11) is 2.05. The van der Waals surface area contributed by atoms with E-state index in [-0.39, 0.29) is 11.9 Å². The first-order valence-corrected chi connectivity index (χ1v) is 7.44. The van der Waals surface area contributed by atoms with E-state index in [2.05, 4.69) is 27.9 Å². The fourth-order valence-corrected chi connectivity index (χ4v) is 2.33. The van der Waals surface area contributed by atoms with E-state index >= 15 is 0 Å². The van der Waals surface area contributed by atoms with Crippen LogP contribution in [-0.2, 0) is 24.7 Å². The Hall–Kier alpha value is -2.10. The normalized spacial score (nSPS) is 12.1. The largest absolute Gasteiger partial charge is 0.354 e. The highest BCUT2D eigenvalue weighted by molar-refractivity contribution is 5.76. The van der Waals surface area contributed by atoms with Gasteiger partial charge in [0.15, 0.2) is 0 Å². The maximum absolute atomic E-state index is 11.9. The smallest absolute Gasteiger partial charge is 0.220 e. The molecule has 0 saturated heterocycles. The molecule has 0 unspecified atom stereocenters. The summed E-state index contributed by atoms with van der Waals surface area (Å²) in [6.07, 6.45) is 6.92. The van der Waals surface area contributed by atoms with Gasteiger partial charge in [0.25, 0.3) is 0 Å². The number of nitrogens with one attached hydrogen (secondary N) is 1. The van der Waals surface area contributed by atoms with Crippen molar-refractivity contribution >= 4 is 5.91 Å². The van der Waals surface area contributed by atoms with E-state index in [0.717, 1.165) is 18.5 Å². The van der Waals surface area contributed by atoms with E-state index < -0.39 is 0 Å². The van der Waals surface area contributed by atoms with Gasteiger partial charge in [-0.2, -0.15) is 0 Å². The fourth-order valence-electron chi connectivity index (χ4n) is 2.33. The molecule has 112 valence electrons. The number of aromatic nitrogens is 2. The van der Waals surface area contributed by atoms with Crippen molar-refractivity contribution in [2.45, 2.75) is 38.6 Å². The quantitative estimate of drug-likeness (QED) is 0.849. The van der Waals surface area contributed by atoms with Crippen molar-refractivity contribution in [3.05, 3.63) is 54.1 Å². The summed E-state index contributed by atoms with van der Waals surface area (Å²) in [6, 6.07) is 10.1. The van der Waals surface area contributed by atoms with Crippen LogP contribution >= 0.6 is 0 Å². The molecule has 2 heterocycles. The third kappa shape index (κ3) is 5.06. The summed E-state index contributed by atoms with van der Waals surface area (Å²) < 4.78 is 2.12. The monoisotopic (exact) mass is 285 g/mol. The zero-order valence-corrected chi connectivity index (χ0v) is 12.7. The van der Waals surface area contributed by atoms with Crippen LogP contribution in [0.5, 0.6) is 0 Å². The van der Waals surface area contributed by atoms with E-state index in [1.54, 1.807) is 6.20 Å². The molecule has 0 saturated carbocycles. The molecule has 0 aliphatic heterocycles. The molecule has 0 radical (unpaired) electrons. The topological polar surface area (TPSA) is 46.9 Å². The van der Waals surface area contributed by atoms with E-state index in [0.29, 0.717) is 12.8 Å². The lowest BCUT2D eigenvalue weighted by molar-refractivity contribution is -0.121. The van der Waals surface area contributed by atoms with Crippen LogP contribution in [0.1, 0.15) is 31.2 Å². The molecule has 21 heavy (non-hydrogen) atoms. The predicted octanol–water partition coefficient (Wildman–Crippen LogP) is 2.49. The molecule has 0 fully saturated rings. The van der Waals surface area contributed by atoms with Crippen LogP contribution in [0.2, 0.25) is 0 Å². The molecule has 4 heteroatoms. The van der Waals surface area contributed by atoms with Gasteiger partial charge in [-0.15, -0.1) is 0 Å². The maximum Gasteiger partial charge on any atom is 0.220 e. The first kappa shape index (κ1) is 15.3. The number of pyridine rings is 1. The Bertz CT molecular complexity index is 562. The maximum atomic E-state index is 11.9. The minimum atomic E-state index is 0.0973. The Morgan fingerprint density at radius 1 is 1.29 bits per heavy atom. The van der Waals surface area contributed by atoms with Crippen molar-refractivity contribution in [2.75, 3.05) is 0 Å². The molecule has 0 aliphatic rings. The molecule has 2 aromatic heterocycles. The number of aryl methyl sites for hydroxylation is 3. The van der Waals surface area contributed by atoms with Crippen LogP contribution in [0.15, 0.2) is 42.7 Å². The summed E-state index contributed by atoms with van der Waals surface area (Å²) >= 11 is 0. The number of carbonyl (C=O) groups is 1. The number of carbonyl (C=O) groups excluding carboxylic acids is 1. The second-order valence-electron chi connectivity index (χ2n) is 5.44. The van der Waals surface area contributed by atoms with E-state index in [1.165, 1.54) is 5.69 Å². The number of rotatable bonds is 7. The summed E-state index contributed by atoms with van der Waals surface area (Å²) in [4.78, 5) is 16.1. The van der Waals surface area contributed by atoms with E-state index in [1.807, 2.05) is 37.5 Å². The third-order valence-electron chi connectivity index (χ3n) is 3.63. The average Bonchev–Trinajstić information content (AvgIpc) is 2.89. The molecule has 4 nitrogen and oxygen atoms in total. The van der Waals surface area contributed by atoms with E-state index in [4.69, 9.17) is 0 Å². The molecule has 0 aromatic carbocycles. The minimum absolute atomic E-state index is 0.0973. The Morgan fingerprint density at radius 3 is 2.81 bits per heavy atom. The first-order valence-electron chi connectivity index (χ1n) is 7.44. The second kappa shape index (κ2) is 7.62. The highest BCUT2D eigenvalue weighted by Crippen LogP contribution is 2.06. The molecule has 1 N–H and O–H groups in total. The summed E-state index contributed by atoms with van der Waals surface area (Å²) in [5, 5.41) is 3.06. The van der Waals surface area contributed by atoms with Gasteiger partial charge in [0.2, 0.25) is 5.91 Å². The van der Waals surface area contributed by atoms with Crippen molar-refractivity contribution in [3.8, 4) is 0 Å². The standard InChI is InChI=1S/C17H23N3O/c1-14(8-10-16-7-5-13-20(16)2)19-17(21)11-9-15-6-3-4-12-18-15/h3-7,12-14H,8-11H2,1-2H3,(H,19,21)/t14-/m1/s1. The number of hydrogen-bond donors (Lipinski definition) is 1. The third-order valence-corrected chi connectivity index (χ3v) is 3.63. The van der Waals surface area contributed by atoms with Gasteiger partial charge in [-0.3, -0.25) is 9.78 Å². The van der Waals surface area contributed by atoms with Gasteiger partial charge < -0.3 is 9.88 Å². The lowest BCUT2D eigenvalue weighted by Gasteiger charge is -2.14. The molecular formula is C17H23N3O. The molecule has 0 bridgehead atoms. The van der Waals surface area contributed by atoms with Crippen molar-refractivity contribution in [1.82, 2.24) is 14.9 Å². The summed E-state index contributed by atoms with van der Waals surface area (Å²) in [6.45, 7) is 2.06. The molecule has 2 rings (SSSR count). The number of amides is 1. The molecule has 2 aromatic rings. The minimum Gasteiger partial charge on any atom is -0.354 e. The lowest BCUT2D eigenvalue weighted by Crippen LogP contribution is -2.33. The van der Waals surface area contributed by atoms with Crippen LogP contribution in [0.4, 0.5) is 0 Å². The Morgan fingerprint density at radius 2 is 2.14 bits per heavy atom. The van der Waals surface area contributed by atoms with Crippen molar-refractivity contribution in [3.63, 3.8) is 0 Å². The highest BCUT2D eigenvalue weighted by Gasteiger charge is 2.09. The van der Waals surface area contributed by atoms with Gasteiger partial charge in [-0.25, -0.2) is 0 Å². The number of hydrogen-bond acceptors (Lipinski definition) is 2. The fraction of sp³-hybridized carbons (Fsp3) is 0.412. The number of nitrogens with zero attached hydrogens (tertiary/aromatic N) is 2. The summed E-state index contributed by atoms with van der Waals surface area (Å²) in [5.41, 5.74) is 2.26. The van der Waals surface area contributed by atoms with Gasteiger partial charge in [-0.1, -0.05) is 6.07 Å². The first-order chi connectivity index (χ1) is 10.1. The molecule has 1 amide bonds. The van der Waals surface area contributed by atoms with E-state index in [9.17, 15) is 4.79 Å². The second-order valence-corrected chi connectivity index (χ2v) is 5.44. The van der Waals surface area contributed by atoms with Crippen LogP contribution in [0.3, 0.4) is 0 Å². The SMILES string of the molecule is C[C@H](CCc1cccn1C)NC(=O)CCc1ccccn1. The van der Waals surface area contributed by atoms with Gasteiger partial charge in [0.1, 0.15) is 0 Å². The van der Waals surface area contributed by atoms with Gasteiger partial charge in [-0.05, 0) is 50.5 Å². The average molecular weight is 285 g/mol. The van der Waals surface area contributed by atoms with Crippen molar-refractivity contribution in [1.29, 1.82) is 0 Å². The molecule has 1 atom stereocenters. The van der Waals surface area contributed by atoms with Crippen LogP contribution < -0.4 is 5.32 Å². The predicted molar refractivity (Wildman–Crippen MR) is 83.9 cm³/mol. The van der Waals surface area contributed by atoms with Crippen molar-refractivity contribution in [2.24, 2.45) is 7.05 Å². The van der Waals surface area contributed by atoms with Crippen molar-refractivity contribution < 1.29 is 4.79 Å². The Kier molecular flexibility index (Phi) is 5.55. The lowest BCUT2D eigenvalue weighted by atomic mass is 10.1. The van der Waals surface area contributed by atoms with Crippen LogP contribution in [0.25, 0.3) is 0 Å². The summed E-state index contributed by atoms with van der Waals surface area (Å²) in [5.74, 6) is 0.0973. The van der Waals surface area contributed by atoms with Crippen LogP contribution in [0, 0.1) is 0 Å². The molecule has 0 spiro atoms. The molecular weight excluding hydrogens is 262 g/mol. The molecule has 0 aliphatic carbocycles. The zero-order valence-electron chi connectivity index (χ0n) is 12.7.